The molecular weight excluding hydrogens is 294 g/mol. The van der Waals surface area contributed by atoms with Gasteiger partial charge in [0.2, 0.25) is 0 Å². The van der Waals surface area contributed by atoms with Crippen LogP contribution in [0.1, 0.15) is 50.5 Å². The summed E-state index contributed by atoms with van der Waals surface area (Å²) in [5, 5.41) is 12.1. The van der Waals surface area contributed by atoms with Crippen LogP contribution in [0, 0.1) is 5.92 Å². The summed E-state index contributed by atoms with van der Waals surface area (Å²) in [5.41, 5.74) is 0.668. The van der Waals surface area contributed by atoms with E-state index in [0.717, 1.165) is 30.8 Å². The van der Waals surface area contributed by atoms with Gasteiger partial charge >= 0.3 is 0 Å². The second-order valence-corrected chi connectivity index (χ2v) is 7.65. The van der Waals surface area contributed by atoms with Gasteiger partial charge in [-0.3, -0.25) is 0 Å². The number of piperidine rings is 1. The highest BCUT2D eigenvalue weighted by molar-refractivity contribution is 6.30. The van der Waals surface area contributed by atoms with E-state index in [1.807, 2.05) is 12.1 Å². The molecule has 1 aliphatic carbocycles. The maximum absolute atomic E-state index is 11.3. The van der Waals surface area contributed by atoms with E-state index in [4.69, 9.17) is 11.6 Å². The summed E-state index contributed by atoms with van der Waals surface area (Å²) in [7, 11) is 0. The van der Waals surface area contributed by atoms with Gasteiger partial charge in [-0.2, -0.15) is 0 Å². The van der Waals surface area contributed by atoms with E-state index in [0.29, 0.717) is 5.92 Å². The molecule has 1 aliphatic heterocycles. The average Bonchev–Trinajstić information content (AvgIpc) is 2.53. The van der Waals surface area contributed by atoms with Crippen molar-refractivity contribution in [2.24, 2.45) is 5.92 Å². The second kappa shape index (κ2) is 7.33. The monoisotopic (exact) mass is 321 g/mol. The quantitative estimate of drug-likeness (QED) is 0.894. The van der Waals surface area contributed by atoms with Crippen LogP contribution in [0.25, 0.3) is 0 Å². The number of aliphatic hydroxyl groups is 1. The lowest BCUT2D eigenvalue weighted by atomic mass is 9.72. The minimum absolute atomic E-state index is 0.412. The summed E-state index contributed by atoms with van der Waals surface area (Å²) in [6, 6.07) is 7.99. The molecule has 1 saturated carbocycles. The van der Waals surface area contributed by atoms with Crippen LogP contribution in [0.5, 0.6) is 0 Å². The van der Waals surface area contributed by atoms with Crippen molar-refractivity contribution >= 4 is 11.6 Å². The lowest BCUT2D eigenvalue weighted by Crippen LogP contribution is -2.48. The predicted molar refractivity (Wildman–Crippen MR) is 92.4 cm³/mol. The molecule has 122 valence electrons. The van der Waals surface area contributed by atoms with Gasteiger partial charge in [-0.15, -0.1) is 0 Å². The Balaban J connectivity index is 1.68. The Morgan fingerprint density at radius 1 is 1.05 bits per heavy atom. The summed E-state index contributed by atoms with van der Waals surface area (Å²) in [4.78, 5) is 2.58. The molecule has 1 aromatic rings. The molecule has 2 aliphatic rings. The Morgan fingerprint density at radius 3 is 2.50 bits per heavy atom. The molecule has 1 aromatic carbocycles. The highest BCUT2D eigenvalue weighted by atomic mass is 35.5. The van der Waals surface area contributed by atoms with Crippen LogP contribution in [0.15, 0.2) is 24.3 Å². The van der Waals surface area contributed by atoms with E-state index in [1.54, 1.807) is 0 Å². The first kappa shape index (κ1) is 16.3. The van der Waals surface area contributed by atoms with Crippen molar-refractivity contribution in [3.8, 4) is 0 Å². The summed E-state index contributed by atoms with van der Waals surface area (Å²) >= 11 is 5.98. The van der Waals surface area contributed by atoms with Crippen molar-refractivity contribution in [1.82, 2.24) is 4.90 Å². The number of likely N-dealkylation sites (tertiary alicyclic amines) is 1. The highest BCUT2D eigenvalue weighted by Crippen LogP contribution is 2.37. The zero-order chi connectivity index (χ0) is 15.4. The lowest BCUT2D eigenvalue weighted by Gasteiger charge is -2.43. The molecule has 0 amide bonds. The zero-order valence-corrected chi connectivity index (χ0v) is 14.2. The largest absolute Gasteiger partial charge is 0.389 e. The van der Waals surface area contributed by atoms with Crippen LogP contribution < -0.4 is 0 Å². The molecule has 0 aromatic heterocycles. The second-order valence-electron chi connectivity index (χ2n) is 7.21. The van der Waals surface area contributed by atoms with Crippen LogP contribution in [-0.4, -0.2) is 35.2 Å². The molecule has 1 heterocycles. The third-order valence-electron chi connectivity index (χ3n) is 5.52. The van der Waals surface area contributed by atoms with Crippen molar-refractivity contribution in [2.75, 3.05) is 19.6 Å². The molecule has 0 radical (unpaired) electrons. The third-order valence-corrected chi connectivity index (χ3v) is 5.77. The maximum atomic E-state index is 11.3. The molecular formula is C19H28ClNO. The SMILES string of the molecule is OC1(Cc2ccc(Cl)cc2)CCCCC1CN1CCCCC1. The highest BCUT2D eigenvalue weighted by Gasteiger charge is 2.39. The minimum atomic E-state index is -0.538. The topological polar surface area (TPSA) is 23.5 Å². The van der Waals surface area contributed by atoms with Gasteiger partial charge in [0, 0.05) is 23.9 Å². The number of benzene rings is 1. The summed E-state index contributed by atoms with van der Waals surface area (Å²) in [6.07, 6.45) is 9.31. The van der Waals surface area contributed by atoms with Crippen molar-refractivity contribution in [2.45, 2.75) is 57.0 Å². The molecule has 2 nitrogen and oxygen atoms in total. The van der Waals surface area contributed by atoms with Crippen LogP contribution in [0.4, 0.5) is 0 Å². The van der Waals surface area contributed by atoms with Gasteiger partial charge in [0.05, 0.1) is 5.60 Å². The Hall–Kier alpha value is -0.570. The van der Waals surface area contributed by atoms with Crippen LogP contribution >= 0.6 is 11.6 Å². The molecule has 22 heavy (non-hydrogen) atoms. The number of rotatable bonds is 4. The zero-order valence-electron chi connectivity index (χ0n) is 13.4. The van der Waals surface area contributed by atoms with E-state index in [9.17, 15) is 5.11 Å². The van der Waals surface area contributed by atoms with Gasteiger partial charge in [0.15, 0.2) is 0 Å². The third kappa shape index (κ3) is 4.04. The summed E-state index contributed by atoms with van der Waals surface area (Å²) in [6.45, 7) is 3.51. The fourth-order valence-corrected chi connectivity index (χ4v) is 4.32. The van der Waals surface area contributed by atoms with Gasteiger partial charge < -0.3 is 10.0 Å². The number of hydrogen-bond acceptors (Lipinski definition) is 2. The molecule has 0 bridgehead atoms. The van der Waals surface area contributed by atoms with Crippen LogP contribution in [0.2, 0.25) is 5.02 Å². The number of nitrogens with zero attached hydrogens (tertiary/aromatic N) is 1. The minimum Gasteiger partial charge on any atom is -0.389 e. The Labute approximate surface area is 139 Å². The molecule has 0 spiro atoms. The Morgan fingerprint density at radius 2 is 1.77 bits per heavy atom. The van der Waals surface area contributed by atoms with E-state index >= 15 is 0 Å². The van der Waals surface area contributed by atoms with E-state index in [2.05, 4.69) is 17.0 Å². The fourth-order valence-electron chi connectivity index (χ4n) is 4.20. The molecule has 2 fully saturated rings. The molecule has 2 atom stereocenters. The predicted octanol–water partition coefficient (Wildman–Crippen LogP) is 4.29. The smallest absolute Gasteiger partial charge is 0.0728 e. The number of hydrogen-bond donors (Lipinski definition) is 1. The van der Waals surface area contributed by atoms with E-state index in [-0.39, 0.29) is 0 Å². The van der Waals surface area contributed by atoms with E-state index < -0.39 is 5.60 Å². The van der Waals surface area contributed by atoms with Gasteiger partial charge in [-0.1, -0.05) is 43.0 Å². The first-order chi connectivity index (χ1) is 10.7. The fraction of sp³-hybridized carbons (Fsp3) is 0.684. The van der Waals surface area contributed by atoms with Crippen molar-refractivity contribution < 1.29 is 5.11 Å². The van der Waals surface area contributed by atoms with Crippen LogP contribution in [0.3, 0.4) is 0 Å². The summed E-state index contributed by atoms with van der Waals surface area (Å²) in [5.74, 6) is 0.412. The van der Waals surface area contributed by atoms with Crippen molar-refractivity contribution in [1.29, 1.82) is 0 Å². The molecule has 3 heteroatoms. The first-order valence-corrected chi connectivity index (χ1v) is 9.23. The maximum Gasteiger partial charge on any atom is 0.0728 e. The molecule has 3 rings (SSSR count). The normalized spacial score (nSPS) is 30.4. The Bertz CT molecular complexity index is 469. The standard InChI is InChI=1S/C19H28ClNO/c20-18-9-7-16(8-10-18)14-19(22)11-3-2-6-17(19)15-21-12-4-1-5-13-21/h7-10,17,22H,1-6,11-15H2. The van der Waals surface area contributed by atoms with Gasteiger partial charge in [-0.25, -0.2) is 0 Å². The Kier molecular flexibility index (Phi) is 5.43. The summed E-state index contributed by atoms with van der Waals surface area (Å²) < 4.78 is 0. The van der Waals surface area contributed by atoms with Crippen molar-refractivity contribution in [3.63, 3.8) is 0 Å². The van der Waals surface area contributed by atoms with Crippen molar-refractivity contribution in [3.05, 3.63) is 34.9 Å². The average molecular weight is 322 g/mol. The lowest BCUT2D eigenvalue weighted by molar-refractivity contribution is -0.0604. The molecule has 2 unspecified atom stereocenters. The molecule has 1 saturated heterocycles. The molecule has 1 N–H and O–H groups in total. The van der Waals surface area contributed by atoms with E-state index in [1.165, 1.54) is 50.8 Å². The van der Waals surface area contributed by atoms with Gasteiger partial charge in [0.1, 0.15) is 0 Å². The van der Waals surface area contributed by atoms with Gasteiger partial charge in [0.25, 0.3) is 0 Å². The first-order valence-electron chi connectivity index (χ1n) is 8.85. The van der Waals surface area contributed by atoms with Crippen LogP contribution in [-0.2, 0) is 6.42 Å². The number of halogens is 1. The van der Waals surface area contributed by atoms with Gasteiger partial charge in [-0.05, 0) is 56.5 Å².